The van der Waals surface area contributed by atoms with Gasteiger partial charge in [-0.1, -0.05) is 12.1 Å². The maximum atomic E-state index is 12.0. The number of halogens is 1. The van der Waals surface area contributed by atoms with Crippen molar-refractivity contribution < 1.29 is 4.79 Å². The molecule has 2 atom stereocenters. The van der Waals surface area contributed by atoms with Crippen LogP contribution in [0.1, 0.15) is 30.8 Å². The number of hydrogen-bond donors (Lipinski definition) is 3. The summed E-state index contributed by atoms with van der Waals surface area (Å²) in [6, 6.07) is 8.11. The number of hydrogen-bond acceptors (Lipinski definition) is 4. The molecule has 0 spiro atoms. The van der Waals surface area contributed by atoms with E-state index >= 15 is 0 Å². The highest BCUT2D eigenvalue weighted by Gasteiger charge is 2.31. The molecule has 1 aromatic heterocycles. The molecule has 126 valence electrons. The van der Waals surface area contributed by atoms with E-state index in [-0.39, 0.29) is 29.6 Å². The van der Waals surface area contributed by atoms with Crippen LogP contribution in [0.3, 0.4) is 0 Å². The second-order valence-electron chi connectivity index (χ2n) is 5.84. The molecule has 1 aliphatic rings. The van der Waals surface area contributed by atoms with Crippen molar-refractivity contribution >= 4 is 41.1 Å². The first-order chi connectivity index (χ1) is 10.7. The molecule has 2 unspecified atom stereocenters. The van der Waals surface area contributed by atoms with Crippen LogP contribution in [0.5, 0.6) is 0 Å². The van der Waals surface area contributed by atoms with Crippen LogP contribution in [0.2, 0.25) is 0 Å². The predicted molar refractivity (Wildman–Crippen MR) is 97.9 cm³/mol. The minimum Gasteiger partial charge on any atom is -0.351 e. The largest absolute Gasteiger partial charge is 0.351 e. The summed E-state index contributed by atoms with van der Waals surface area (Å²) in [5.74, 6) is 2.00. The average Bonchev–Trinajstić information content (AvgIpc) is 3.28. The molecular formula is C16H23ClN4OS. The number of aromatic nitrogens is 2. The van der Waals surface area contributed by atoms with E-state index in [4.69, 9.17) is 5.73 Å². The maximum Gasteiger partial charge on any atom is 0.230 e. The van der Waals surface area contributed by atoms with Crippen molar-refractivity contribution in [3.8, 4) is 0 Å². The van der Waals surface area contributed by atoms with Gasteiger partial charge in [0.25, 0.3) is 0 Å². The lowest BCUT2D eigenvalue weighted by Crippen LogP contribution is -2.42. The Morgan fingerprint density at radius 1 is 1.48 bits per heavy atom. The molecule has 1 aliphatic carbocycles. The number of amides is 1. The van der Waals surface area contributed by atoms with E-state index in [9.17, 15) is 4.79 Å². The van der Waals surface area contributed by atoms with E-state index in [1.165, 1.54) is 12.8 Å². The van der Waals surface area contributed by atoms with Gasteiger partial charge in [-0.3, -0.25) is 4.79 Å². The Labute approximate surface area is 146 Å². The van der Waals surface area contributed by atoms with Gasteiger partial charge in [-0.25, -0.2) is 4.98 Å². The van der Waals surface area contributed by atoms with Crippen molar-refractivity contribution in [2.75, 3.05) is 12.3 Å². The van der Waals surface area contributed by atoms with E-state index in [1.807, 2.05) is 24.3 Å². The number of H-pyrrole nitrogens is 1. The zero-order valence-electron chi connectivity index (χ0n) is 13.1. The van der Waals surface area contributed by atoms with Gasteiger partial charge in [-0.05, 0) is 37.8 Å². The van der Waals surface area contributed by atoms with Gasteiger partial charge < -0.3 is 16.0 Å². The molecule has 2 aromatic rings. The summed E-state index contributed by atoms with van der Waals surface area (Å²) >= 11 is 1.59. The molecule has 5 nitrogen and oxygen atoms in total. The third-order valence-electron chi connectivity index (χ3n) is 4.05. The first-order valence-corrected chi connectivity index (χ1v) is 8.78. The van der Waals surface area contributed by atoms with Crippen LogP contribution in [-0.2, 0) is 4.79 Å². The summed E-state index contributed by atoms with van der Waals surface area (Å²) < 4.78 is 0. The van der Waals surface area contributed by atoms with E-state index < -0.39 is 0 Å². The fourth-order valence-electron chi connectivity index (χ4n) is 2.56. The summed E-state index contributed by atoms with van der Waals surface area (Å²) in [7, 11) is 0. The number of carbonyl (C=O) groups is 1. The smallest absolute Gasteiger partial charge is 0.230 e. The van der Waals surface area contributed by atoms with Gasteiger partial charge in [-0.15, -0.1) is 24.2 Å². The van der Waals surface area contributed by atoms with E-state index in [2.05, 4.69) is 22.2 Å². The number of thioether (sulfide) groups is 1. The Hall–Kier alpha value is -1.24. The Morgan fingerprint density at radius 2 is 2.22 bits per heavy atom. The molecular weight excluding hydrogens is 332 g/mol. The van der Waals surface area contributed by atoms with Gasteiger partial charge >= 0.3 is 0 Å². The molecule has 1 heterocycles. The number of benzene rings is 1. The minimum atomic E-state index is 0. The molecule has 3 rings (SSSR count). The van der Waals surface area contributed by atoms with Gasteiger partial charge in [-0.2, -0.15) is 0 Å². The van der Waals surface area contributed by atoms with Crippen molar-refractivity contribution in [1.29, 1.82) is 0 Å². The summed E-state index contributed by atoms with van der Waals surface area (Å²) in [6.07, 6.45) is 2.37. The number of nitrogens with zero attached hydrogens (tertiary/aromatic N) is 1. The zero-order valence-corrected chi connectivity index (χ0v) is 14.8. The summed E-state index contributed by atoms with van der Waals surface area (Å²) in [4.78, 5) is 19.9. The SMILES string of the molecule is CC(SCC(=O)NC(CN)C1CC1)c1nc2ccccc2[nH]1.Cl. The molecule has 1 saturated carbocycles. The first kappa shape index (κ1) is 18.1. The first-order valence-electron chi connectivity index (χ1n) is 7.73. The maximum absolute atomic E-state index is 12.0. The molecule has 1 amide bonds. The quantitative estimate of drug-likeness (QED) is 0.713. The highest BCUT2D eigenvalue weighted by atomic mass is 35.5. The van der Waals surface area contributed by atoms with Crippen molar-refractivity contribution in [2.24, 2.45) is 11.7 Å². The third-order valence-corrected chi connectivity index (χ3v) is 5.20. The van der Waals surface area contributed by atoms with Gasteiger partial charge in [0, 0.05) is 12.6 Å². The number of nitrogens with two attached hydrogens (primary N) is 1. The van der Waals surface area contributed by atoms with Gasteiger partial charge in [0.15, 0.2) is 0 Å². The second-order valence-corrected chi connectivity index (χ2v) is 7.17. The molecule has 0 aliphatic heterocycles. The van der Waals surface area contributed by atoms with Crippen LogP contribution < -0.4 is 11.1 Å². The monoisotopic (exact) mass is 354 g/mol. The lowest BCUT2D eigenvalue weighted by atomic mass is 10.2. The fourth-order valence-corrected chi connectivity index (χ4v) is 3.32. The number of imidazole rings is 1. The predicted octanol–water partition coefficient (Wildman–Crippen LogP) is 2.63. The third kappa shape index (κ3) is 4.62. The number of rotatable bonds is 7. The standard InChI is InChI=1S/C16H22N4OS.ClH/c1-10(16-19-12-4-2-3-5-13(12)20-16)22-9-15(21)18-14(8-17)11-6-7-11;/h2-5,10-11,14H,6-9,17H2,1H3,(H,18,21)(H,19,20);1H. The number of carbonyl (C=O) groups excluding carboxylic acids is 1. The minimum absolute atomic E-state index is 0. The average molecular weight is 355 g/mol. The lowest BCUT2D eigenvalue weighted by molar-refractivity contribution is -0.119. The van der Waals surface area contributed by atoms with Crippen LogP contribution in [-0.4, -0.2) is 34.2 Å². The fraction of sp³-hybridized carbons (Fsp3) is 0.500. The van der Waals surface area contributed by atoms with Crippen LogP contribution in [0.15, 0.2) is 24.3 Å². The molecule has 4 N–H and O–H groups in total. The van der Waals surface area contributed by atoms with Crippen molar-refractivity contribution in [3.63, 3.8) is 0 Å². The highest BCUT2D eigenvalue weighted by Crippen LogP contribution is 2.32. The molecule has 0 saturated heterocycles. The molecule has 23 heavy (non-hydrogen) atoms. The zero-order chi connectivity index (χ0) is 15.5. The Kier molecular flexibility index (Phi) is 6.33. The number of aromatic amines is 1. The van der Waals surface area contributed by atoms with Gasteiger partial charge in [0.2, 0.25) is 5.91 Å². The van der Waals surface area contributed by atoms with Crippen molar-refractivity contribution in [3.05, 3.63) is 30.1 Å². The van der Waals surface area contributed by atoms with Crippen LogP contribution in [0.4, 0.5) is 0 Å². The van der Waals surface area contributed by atoms with Crippen molar-refractivity contribution in [1.82, 2.24) is 15.3 Å². The molecule has 7 heteroatoms. The Morgan fingerprint density at radius 3 is 2.87 bits per heavy atom. The second kappa shape index (κ2) is 8.04. The molecule has 1 fully saturated rings. The Bertz CT molecular complexity index is 625. The van der Waals surface area contributed by atoms with E-state index in [0.29, 0.717) is 18.2 Å². The molecule has 0 bridgehead atoms. The van der Waals surface area contributed by atoms with E-state index in [1.54, 1.807) is 11.8 Å². The summed E-state index contributed by atoms with van der Waals surface area (Å²) in [5.41, 5.74) is 7.71. The summed E-state index contributed by atoms with van der Waals surface area (Å²) in [6.45, 7) is 2.59. The Balaban J connectivity index is 0.00000192. The number of fused-ring (bicyclic) bond motifs is 1. The highest BCUT2D eigenvalue weighted by molar-refractivity contribution is 8.00. The number of para-hydroxylation sites is 2. The molecule has 1 aromatic carbocycles. The normalized spacial score (nSPS) is 16.6. The summed E-state index contributed by atoms with van der Waals surface area (Å²) in [5, 5.41) is 3.20. The van der Waals surface area contributed by atoms with E-state index in [0.717, 1.165) is 16.9 Å². The van der Waals surface area contributed by atoms with Gasteiger partial charge in [0.05, 0.1) is 22.0 Å². The topological polar surface area (TPSA) is 83.8 Å². The van der Waals surface area contributed by atoms with Gasteiger partial charge in [0.1, 0.15) is 5.82 Å². The molecule has 0 radical (unpaired) electrons. The lowest BCUT2D eigenvalue weighted by Gasteiger charge is -2.16. The van der Waals surface area contributed by atoms with Crippen LogP contribution in [0.25, 0.3) is 11.0 Å². The van der Waals surface area contributed by atoms with Crippen LogP contribution in [0, 0.1) is 5.92 Å². The number of nitrogens with one attached hydrogen (secondary N) is 2. The van der Waals surface area contributed by atoms with Crippen LogP contribution >= 0.6 is 24.2 Å². The van der Waals surface area contributed by atoms with Crippen molar-refractivity contribution in [2.45, 2.75) is 31.1 Å².